The van der Waals surface area contributed by atoms with Gasteiger partial charge in [-0.05, 0) is 12.1 Å². The van der Waals surface area contributed by atoms with Crippen molar-refractivity contribution in [3.63, 3.8) is 0 Å². The molecule has 0 heterocycles. The van der Waals surface area contributed by atoms with Crippen LogP contribution in [0.25, 0.3) is 0 Å². The van der Waals surface area contributed by atoms with Crippen LogP contribution < -0.4 is 14.4 Å². The smallest absolute Gasteiger partial charge is 0.491 e. The Hall–Kier alpha value is -3.00. The molecule has 156 valence electrons. The number of halogens is 9. The highest BCUT2D eigenvalue weighted by Gasteiger charge is 2.53. The van der Waals surface area contributed by atoms with E-state index < -0.39 is 58.4 Å². The van der Waals surface area contributed by atoms with Crippen LogP contribution in [-0.2, 0) is 14.4 Å². The molecule has 0 bridgehead atoms. The largest absolute Gasteiger partial charge is 0.493 e. The highest BCUT2D eigenvalue weighted by atomic mass is 19.4. The molecule has 0 saturated carbocycles. The van der Waals surface area contributed by atoms with E-state index in [1.165, 1.54) is 0 Å². The van der Waals surface area contributed by atoms with E-state index in [0.29, 0.717) is 12.1 Å². The maximum Gasteiger partial charge on any atom is 0.491 e. The molecule has 0 aromatic heterocycles. The Morgan fingerprint density at radius 3 is 1.61 bits per heavy atom. The van der Waals surface area contributed by atoms with Crippen molar-refractivity contribution in [2.75, 3.05) is 12.0 Å². The zero-order valence-electron chi connectivity index (χ0n) is 13.1. The van der Waals surface area contributed by atoms with Gasteiger partial charge in [0.2, 0.25) is 0 Å². The Bertz CT molecular complexity index is 756. The van der Waals surface area contributed by atoms with Gasteiger partial charge in [-0.1, -0.05) is 0 Å². The number of amides is 2. The van der Waals surface area contributed by atoms with Gasteiger partial charge >= 0.3 is 36.3 Å². The lowest BCUT2D eigenvalue weighted by atomic mass is 10.2. The van der Waals surface area contributed by atoms with Crippen molar-refractivity contribution in [2.45, 2.75) is 18.5 Å². The van der Waals surface area contributed by atoms with Crippen molar-refractivity contribution in [3.8, 4) is 11.5 Å². The van der Waals surface area contributed by atoms with Gasteiger partial charge in [-0.15, -0.1) is 0 Å². The zero-order valence-corrected chi connectivity index (χ0v) is 13.1. The number of methoxy groups -OCH3 is 1. The third-order valence-electron chi connectivity index (χ3n) is 2.73. The van der Waals surface area contributed by atoms with E-state index >= 15 is 0 Å². The van der Waals surface area contributed by atoms with Gasteiger partial charge in [0, 0.05) is 6.07 Å². The molecule has 0 unspecified atom stereocenters. The summed E-state index contributed by atoms with van der Waals surface area (Å²) in [5, 5.41) is 0. The number of alkyl halides is 9. The lowest BCUT2D eigenvalue weighted by molar-refractivity contribution is -0.189. The molecular weight excluding hydrogens is 421 g/mol. The molecule has 0 N–H and O–H groups in total. The number of anilines is 1. The summed E-state index contributed by atoms with van der Waals surface area (Å²) in [5.41, 5.74) is -1.48. The second-order valence-corrected chi connectivity index (χ2v) is 4.66. The maximum atomic E-state index is 12.6. The number of imide groups is 1. The number of benzene rings is 1. The first-order valence-electron chi connectivity index (χ1n) is 6.49. The van der Waals surface area contributed by atoms with Crippen molar-refractivity contribution in [2.24, 2.45) is 0 Å². The van der Waals surface area contributed by atoms with Gasteiger partial charge in [-0.2, -0.15) is 39.5 Å². The average Bonchev–Trinajstić information content (AvgIpc) is 2.52. The minimum atomic E-state index is -5.95. The van der Waals surface area contributed by atoms with Crippen molar-refractivity contribution in [1.29, 1.82) is 0 Å². The summed E-state index contributed by atoms with van der Waals surface area (Å²) < 4.78 is 121. The fourth-order valence-corrected chi connectivity index (χ4v) is 1.62. The highest BCUT2D eigenvalue weighted by molar-refractivity contribution is 6.18. The van der Waals surface area contributed by atoms with Gasteiger partial charge < -0.3 is 9.47 Å². The van der Waals surface area contributed by atoms with Crippen LogP contribution in [0.1, 0.15) is 0 Å². The first-order chi connectivity index (χ1) is 12.5. The summed E-state index contributed by atoms with van der Waals surface area (Å²) >= 11 is 0. The Kier molecular flexibility index (Phi) is 6.21. The monoisotopic (exact) mass is 427 g/mol. The van der Waals surface area contributed by atoms with E-state index in [2.05, 4.69) is 9.47 Å². The first-order valence-corrected chi connectivity index (χ1v) is 6.49. The Labute approximate surface area is 148 Å². The van der Waals surface area contributed by atoms with Crippen molar-refractivity contribution in [3.05, 3.63) is 18.2 Å². The van der Waals surface area contributed by atoms with Crippen LogP contribution in [0.5, 0.6) is 11.5 Å². The Morgan fingerprint density at radius 2 is 1.25 bits per heavy atom. The number of carbonyl (C=O) groups is 3. The van der Waals surface area contributed by atoms with E-state index in [-0.39, 0.29) is 6.07 Å². The lowest BCUT2D eigenvalue weighted by Crippen LogP contribution is -2.50. The normalized spacial score (nSPS) is 12.4. The lowest BCUT2D eigenvalue weighted by Gasteiger charge is -2.23. The molecule has 6 nitrogen and oxygen atoms in total. The van der Waals surface area contributed by atoms with Gasteiger partial charge in [0.25, 0.3) is 0 Å². The van der Waals surface area contributed by atoms with E-state index in [4.69, 9.17) is 0 Å². The van der Waals surface area contributed by atoms with Gasteiger partial charge in [-0.3, -0.25) is 9.59 Å². The van der Waals surface area contributed by atoms with Gasteiger partial charge in [-0.25, -0.2) is 9.69 Å². The SMILES string of the molecule is COc1ccc(N(C(=O)C(F)(F)F)C(=O)C(F)(F)F)cc1OC(=O)C(F)(F)F. The van der Waals surface area contributed by atoms with E-state index in [1.54, 1.807) is 0 Å². The quantitative estimate of drug-likeness (QED) is 0.421. The molecular formula is C13H6F9NO5. The molecule has 15 heteroatoms. The van der Waals surface area contributed by atoms with Crippen molar-refractivity contribution < 1.29 is 63.4 Å². The third-order valence-corrected chi connectivity index (χ3v) is 2.73. The maximum absolute atomic E-state index is 12.6. The average molecular weight is 427 g/mol. The number of ether oxygens (including phenoxy) is 2. The fourth-order valence-electron chi connectivity index (χ4n) is 1.62. The molecule has 0 atom stereocenters. The predicted octanol–water partition coefficient (Wildman–Crippen LogP) is 3.15. The molecule has 2 amide bonds. The molecule has 0 aliphatic rings. The summed E-state index contributed by atoms with van der Waals surface area (Å²) in [6, 6.07) is 0.807. The topological polar surface area (TPSA) is 72.9 Å². The van der Waals surface area contributed by atoms with E-state index in [0.717, 1.165) is 7.11 Å². The van der Waals surface area contributed by atoms with E-state index in [9.17, 15) is 53.9 Å². The number of nitrogens with zero attached hydrogens (tertiary/aromatic N) is 1. The number of esters is 1. The number of carbonyl (C=O) groups excluding carboxylic acids is 3. The summed E-state index contributed by atoms with van der Waals surface area (Å²) in [6.07, 6.45) is -17.5. The molecule has 1 aromatic rings. The minimum absolute atomic E-state index is 0.00421. The number of hydrogen-bond acceptors (Lipinski definition) is 5. The molecule has 0 saturated heterocycles. The summed E-state index contributed by atoms with van der Waals surface area (Å²) in [7, 11) is 0.819. The molecule has 1 rings (SSSR count). The summed E-state index contributed by atoms with van der Waals surface area (Å²) in [6.45, 7) is 0. The molecule has 0 aliphatic heterocycles. The van der Waals surface area contributed by atoms with Crippen LogP contribution in [0.4, 0.5) is 45.2 Å². The second kappa shape index (κ2) is 7.55. The highest BCUT2D eigenvalue weighted by Crippen LogP contribution is 2.36. The number of rotatable bonds is 3. The zero-order chi connectivity index (χ0) is 22.1. The van der Waals surface area contributed by atoms with Crippen LogP contribution >= 0.6 is 0 Å². The van der Waals surface area contributed by atoms with Crippen molar-refractivity contribution >= 4 is 23.5 Å². The Morgan fingerprint density at radius 1 is 0.786 bits per heavy atom. The van der Waals surface area contributed by atoms with Crippen LogP contribution in [0.2, 0.25) is 0 Å². The van der Waals surface area contributed by atoms with Crippen molar-refractivity contribution in [1.82, 2.24) is 0 Å². The van der Waals surface area contributed by atoms with Crippen LogP contribution in [0.3, 0.4) is 0 Å². The predicted molar refractivity (Wildman–Crippen MR) is 69.3 cm³/mol. The standard InChI is InChI=1S/C13H6F9NO5/c1-27-6-3-2-5(4-7(6)28-10(26)13(20,21)22)23(8(24)11(14,15)16)9(25)12(17,18)19/h2-4H,1H3. The Balaban J connectivity index is 3.54. The number of hydrogen-bond donors (Lipinski definition) is 0. The van der Waals surface area contributed by atoms with Crippen LogP contribution in [0.15, 0.2) is 18.2 Å². The van der Waals surface area contributed by atoms with Gasteiger partial charge in [0.05, 0.1) is 12.8 Å². The molecule has 1 aromatic carbocycles. The molecule has 0 radical (unpaired) electrons. The molecule has 0 spiro atoms. The first kappa shape index (κ1) is 23.0. The van der Waals surface area contributed by atoms with E-state index in [1.807, 2.05) is 0 Å². The summed E-state index contributed by atoms with van der Waals surface area (Å²) in [5.74, 6) is -11.5. The molecule has 28 heavy (non-hydrogen) atoms. The van der Waals surface area contributed by atoms with Crippen LogP contribution in [0, 0.1) is 0 Å². The van der Waals surface area contributed by atoms with Gasteiger partial charge in [0.15, 0.2) is 11.5 Å². The second-order valence-electron chi connectivity index (χ2n) is 4.66. The third kappa shape index (κ3) is 5.26. The minimum Gasteiger partial charge on any atom is -0.493 e. The molecule has 0 aliphatic carbocycles. The van der Waals surface area contributed by atoms with Gasteiger partial charge in [0.1, 0.15) is 0 Å². The molecule has 0 fully saturated rings. The fraction of sp³-hybridized carbons (Fsp3) is 0.308. The van der Waals surface area contributed by atoms with Crippen LogP contribution in [-0.4, -0.2) is 43.4 Å². The summed E-state index contributed by atoms with van der Waals surface area (Å²) in [4.78, 5) is 32.0.